The van der Waals surface area contributed by atoms with Crippen molar-refractivity contribution in [3.63, 3.8) is 0 Å². The number of piperazine rings is 1. The van der Waals surface area contributed by atoms with Gasteiger partial charge in [-0.15, -0.1) is 12.1 Å². The molecule has 0 aromatic carbocycles. The van der Waals surface area contributed by atoms with Crippen LogP contribution in [0.5, 0.6) is 0 Å². The van der Waals surface area contributed by atoms with Crippen LogP contribution in [0.15, 0.2) is 0 Å². The van der Waals surface area contributed by atoms with Crippen molar-refractivity contribution >= 4 is 0 Å². The summed E-state index contributed by atoms with van der Waals surface area (Å²) in [6, 6.07) is 1.31. The third kappa shape index (κ3) is 3.09. The van der Waals surface area contributed by atoms with Gasteiger partial charge in [0.2, 0.25) is 0 Å². The Kier molecular flexibility index (Phi) is 4.63. The fraction of sp³-hybridized carbons (Fsp3) is 1.00. The summed E-state index contributed by atoms with van der Waals surface area (Å²) < 4.78 is 0. The van der Waals surface area contributed by atoms with E-state index in [4.69, 9.17) is 5.32 Å². The number of fused-ring (bicyclic) bond motifs is 2. The van der Waals surface area contributed by atoms with Gasteiger partial charge in [-0.2, -0.15) is 0 Å². The summed E-state index contributed by atoms with van der Waals surface area (Å²) in [7, 11) is 0. The normalized spacial score (nSPS) is 34.4. The van der Waals surface area contributed by atoms with Crippen molar-refractivity contribution in [3.05, 3.63) is 5.32 Å². The number of likely N-dealkylation sites (tertiary alicyclic amines) is 1. The Morgan fingerprint density at radius 2 is 1.54 bits per heavy atom. The predicted octanol–water partition coefficient (Wildman–Crippen LogP) is -0.991. The molecule has 70 valence electrons. The zero-order chi connectivity index (χ0) is 8.77. The van der Waals surface area contributed by atoms with Crippen LogP contribution in [0.1, 0.15) is 33.6 Å². The second-order valence-electron chi connectivity index (χ2n) is 5.11. The molecule has 0 amide bonds. The van der Waals surface area contributed by atoms with Gasteiger partial charge in [0.1, 0.15) is 0 Å². The van der Waals surface area contributed by atoms with E-state index in [0.29, 0.717) is 17.6 Å². The van der Waals surface area contributed by atoms with Crippen LogP contribution >= 0.6 is 0 Å². The first-order valence-corrected chi connectivity index (χ1v) is 5.01. The molecule has 0 aliphatic carbocycles. The van der Waals surface area contributed by atoms with Gasteiger partial charge >= 0.3 is 58.2 Å². The van der Waals surface area contributed by atoms with Crippen LogP contribution < -0.4 is 58.2 Å². The molecule has 13 heavy (non-hydrogen) atoms. The molecule has 2 saturated heterocycles. The van der Waals surface area contributed by atoms with Crippen LogP contribution in [0.4, 0.5) is 0 Å². The number of hydrogen-bond acceptors (Lipinski definition) is 1. The van der Waals surface area contributed by atoms with E-state index in [1.165, 1.54) is 25.9 Å². The zero-order valence-electron chi connectivity index (χ0n) is 9.38. The molecule has 2 nitrogen and oxygen atoms in total. The van der Waals surface area contributed by atoms with Gasteiger partial charge < -0.3 is 10.2 Å². The van der Waals surface area contributed by atoms with Gasteiger partial charge in [0.05, 0.1) is 0 Å². The molecule has 3 heteroatoms. The quantitative estimate of drug-likeness (QED) is 0.541. The van der Waals surface area contributed by atoms with Crippen molar-refractivity contribution in [2.75, 3.05) is 13.1 Å². The SMILES string of the molecule is CC(C)(C)N1CC2CCC(C1)[N-]2.[Rb+]. The van der Waals surface area contributed by atoms with Gasteiger partial charge in [-0.05, 0) is 33.9 Å². The molecule has 2 fully saturated rings. The van der Waals surface area contributed by atoms with Crippen molar-refractivity contribution in [2.45, 2.75) is 51.2 Å². The first kappa shape index (κ1) is 12.8. The Hall–Kier alpha value is 1.73. The van der Waals surface area contributed by atoms with Crippen molar-refractivity contribution in [1.82, 2.24) is 4.90 Å². The summed E-state index contributed by atoms with van der Waals surface area (Å²) in [6.07, 6.45) is 2.66. The molecule has 0 aromatic rings. The van der Waals surface area contributed by atoms with E-state index in [2.05, 4.69) is 25.7 Å². The van der Waals surface area contributed by atoms with Crippen LogP contribution in [0.2, 0.25) is 0 Å². The average Bonchev–Trinajstić information content (AvgIpc) is 2.28. The molecule has 2 heterocycles. The molecule has 2 unspecified atom stereocenters. The third-order valence-corrected chi connectivity index (χ3v) is 3.07. The molecule has 0 N–H and O–H groups in total. The van der Waals surface area contributed by atoms with Gasteiger partial charge in [0.25, 0.3) is 0 Å². The van der Waals surface area contributed by atoms with Crippen molar-refractivity contribution in [3.8, 4) is 0 Å². The Morgan fingerprint density at radius 3 is 1.92 bits per heavy atom. The van der Waals surface area contributed by atoms with E-state index >= 15 is 0 Å². The summed E-state index contributed by atoms with van der Waals surface area (Å²) in [5.74, 6) is 0. The van der Waals surface area contributed by atoms with E-state index in [9.17, 15) is 0 Å². The number of nitrogens with zero attached hydrogens (tertiary/aromatic N) is 2. The van der Waals surface area contributed by atoms with E-state index in [1.807, 2.05) is 0 Å². The molecular formula is C10H19N2Rb. The van der Waals surface area contributed by atoms with Crippen LogP contribution in [0.25, 0.3) is 5.32 Å². The predicted molar refractivity (Wildman–Crippen MR) is 51.5 cm³/mol. The average molecular weight is 253 g/mol. The molecule has 0 spiro atoms. The molecule has 2 rings (SSSR count). The van der Waals surface area contributed by atoms with E-state index in [0.717, 1.165) is 0 Å². The molecule has 0 aromatic heterocycles. The van der Waals surface area contributed by atoms with Crippen molar-refractivity contribution < 1.29 is 58.2 Å². The fourth-order valence-corrected chi connectivity index (χ4v) is 2.24. The Bertz CT molecular complexity index is 164. The minimum Gasteiger partial charge on any atom is -0.655 e. The molecule has 0 radical (unpaired) electrons. The maximum atomic E-state index is 4.72. The maximum Gasteiger partial charge on any atom is 1.00 e. The largest absolute Gasteiger partial charge is 1.00 e. The van der Waals surface area contributed by atoms with Gasteiger partial charge in [-0.25, -0.2) is 0 Å². The minimum absolute atomic E-state index is 0. The molecule has 2 bridgehead atoms. The monoisotopic (exact) mass is 252 g/mol. The number of hydrogen-bond donors (Lipinski definition) is 0. The maximum absolute atomic E-state index is 4.72. The van der Waals surface area contributed by atoms with Crippen LogP contribution in [-0.2, 0) is 0 Å². The Morgan fingerprint density at radius 1 is 1.08 bits per heavy atom. The molecular weight excluding hydrogens is 234 g/mol. The summed E-state index contributed by atoms with van der Waals surface area (Å²) in [4.78, 5) is 2.59. The van der Waals surface area contributed by atoms with E-state index < -0.39 is 0 Å². The second kappa shape index (κ2) is 4.71. The molecule has 2 aliphatic rings. The summed E-state index contributed by atoms with van der Waals surface area (Å²) in [5, 5.41) is 4.72. The first-order valence-electron chi connectivity index (χ1n) is 5.01. The van der Waals surface area contributed by atoms with Crippen molar-refractivity contribution in [2.24, 2.45) is 0 Å². The molecule has 2 atom stereocenters. The molecule has 0 saturated carbocycles. The topological polar surface area (TPSA) is 17.3 Å². The Balaban J connectivity index is 0.000000845. The van der Waals surface area contributed by atoms with Gasteiger partial charge in [0, 0.05) is 5.54 Å². The molecule has 2 aliphatic heterocycles. The number of rotatable bonds is 0. The fourth-order valence-electron chi connectivity index (χ4n) is 2.24. The van der Waals surface area contributed by atoms with Crippen LogP contribution in [-0.4, -0.2) is 35.6 Å². The van der Waals surface area contributed by atoms with Crippen LogP contribution in [0.3, 0.4) is 0 Å². The standard InChI is InChI=1S/C10H19N2.Rb/c1-10(2,3)12-6-8-4-5-9(7-12)11-8;/h8-9H,4-7H2,1-3H3;/q-1;+1. The zero-order valence-corrected chi connectivity index (χ0v) is 14.3. The smallest absolute Gasteiger partial charge is 0.655 e. The Labute approximate surface area is 131 Å². The minimum atomic E-state index is 0. The summed E-state index contributed by atoms with van der Waals surface area (Å²) in [6.45, 7) is 9.30. The summed E-state index contributed by atoms with van der Waals surface area (Å²) >= 11 is 0. The van der Waals surface area contributed by atoms with Gasteiger partial charge in [0.15, 0.2) is 0 Å². The summed E-state index contributed by atoms with van der Waals surface area (Å²) in [5.41, 5.74) is 0.344. The first-order chi connectivity index (χ1) is 5.55. The van der Waals surface area contributed by atoms with Crippen LogP contribution in [0, 0.1) is 0 Å². The van der Waals surface area contributed by atoms with Gasteiger partial charge in [-0.3, -0.25) is 0 Å². The second-order valence-corrected chi connectivity index (χ2v) is 5.11. The van der Waals surface area contributed by atoms with E-state index in [1.54, 1.807) is 0 Å². The third-order valence-electron chi connectivity index (χ3n) is 3.07. The van der Waals surface area contributed by atoms with E-state index in [-0.39, 0.29) is 58.2 Å². The van der Waals surface area contributed by atoms with Crippen molar-refractivity contribution in [1.29, 1.82) is 0 Å². The van der Waals surface area contributed by atoms with Gasteiger partial charge in [-0.1, -0.05) is 12.8 Å².